The first-order valence-corrected chi connectivity index (χ1v) is 10.2. The van der Waals surface area contributed by atoms with Crippen molar-refractivity contribution in [3.8, 4) is 0 Å². The molecule has 22 heavy (non-hydrogen) atoms. The Balaban J connectivity index is 0. The molecule has 2 nitrogen and oxygen atoms in total. The monoisotopic (exact) mass is 356 g/mol. The predicted molar refractivity (Wildman–Crippen MR) is 104 cm³/mol. The Labute approximate surface area is 172 Å². The van der Waals surface area contributed by atoms with E-state index in [4.69, 9.17) is 4.43 Å². The summed E-state index contributed by atoms with van der Waals surface area (Å²) in [5, 5.41) is 0. The summed E-state index contributed by atoms with van der Waals surface area (Å²) in [5.74, 6) is -0.00337. The molecule has 4 heteroatoms. The van der Waals surface area contributed by atoms with E-state index in [1.165, 1.54) is 89.9 Å². The van der Waals surface area contributed by atoms with Crippen molar-refractivity contribution in [2.75, 3.05) is 0 Å². The first-order valence-electron chi connectivity index (χ1n) is 9.38. The molecule has 0 rings (SSSR count). The number of hydrogen-bond donors (Lipinski definition) is 0. The van der Waals surface area contributed by atoms with Crippen LogP contribution < -0.4 is 0 Å². The summed E-state index contributed by atoms with van der Waals surface area (Å²) >= 11 is 0. The maximum atomic E-state index is 11.0. The summed E-state index contributed by atoms with van der Waals surface area (Å²) < 4.78 is 4.77. The topological polar surface area (TPSA) is 26.3 Å². The van der Waals surface area contributed by atoms with Crippen molar-refractivity contribution in [3.63, 3.8) is 0 Å². The van der Waals surface area contributed by atoms with Gasteiger partial charge in [0.25, 0.3) is 5.97 Å². The summed E-state index contributed by atoms with van der Waals surface area (Å²) in [6.45, 7) is 2.28. The summed E-state index contributed by atoms with van der Waals surface area (Å²) in [4.78, 5) is 11.0. The van der Waals surface area contributed by atoms with Crippen LogP contribution in [0.15, 0.2) is 0 Å². The first-order chi connectivity index (χ1) is 10.3. The van der Waals surface area contributed by atoms with Crippen molar-refractivity contribution in [2.24, 2.45) is 0 Å². The summed E-state index contributed by atoms with van der Waals surface area (Å²) in [6, 6.07) is 0. The van der Waals surface area contributed by atoms with E-state index in [0.717, 1.165) is 6.42 Å². The second-order valence-electron chi connectivity index (χ2n) is 6.28. The number of hydrogen-bond acceptors (Lipinski definition) is 2. The van der Waals surface area contributed by atoms with Crippen LogP contribution in [0.4, 0.5) is 0 Å². The quantitative estimate of drug-likeness (QED) is 0.307. The molecule has 0 aromatic carbocycles. The fourth-order valence-electron chi connectivity index (χ4n) is 2.74. The van der Waals surface area contributed by atoms with Crippen LogP contribution in [0.5, 0.6) is 0 Å². The van der Waals surface area contributed by atoms with Gasteiger partial charge < -0.3 is 4.43 Å². The van der Waals surface area contributed by atoms with Gasteiger partial charge in [0, 0.05) is 6.42 Å². The van der Waals surface area contributed by atoms with Crippen LogP contribution in [0.2, 0.25) is 0 Å². The zero-order valence-corrected chi connectivity index (χ0v) is 16.6. The normalized spacial score (nSPS) is 10.4. The molecular formula is C18H40CaO2Si. The molecule has 0 aliphatic heterocycles. The van der Waals surface area contributed by atoms with Crippen LogP contribution >= 0.6 is 0 Å². The molecule has 130 valence electrons. The first kappa shape index (κ1) is 25.2. The van der Waals surface area contributed by atoms with E-state index in [2.05, 4.69) is 6.92 Å². The van der Waals surface area contributed by atoms with E-state index >= 15 is 0 Å². The van der Waals surface area contributed by atoms with Crippen LogP contribution in [0.25, 0.3) is 0 Å². The van der Waals surface area contributed by atoms with Crippen LogP contribution in [-0.2, 0) is 9.22 Å². The van der Waals surface area contributed by atoms with E-state index < -0.39 is 0 Å². The minimum absolute atomic E-state index is 0. The number of unbranched alkanes of at least 4 members (excludes halogenated alkanes) is 14. The van der Waals surface area contributed by atoms with E-state index in [0.29, 0.717) is 16.9 Å². The molecule has 0 aliphatic carbocycles. The third-order valence-electron chi connectivity index (χ3n) is 4.21. The molecule has 0 fully saturated rings. The van der Waals surface area contributed by atoms with E-state index in [1.54, 1.807) is 0 Å². The summed E-state index contributed by atoms with van der Waals surface area (Å²) in [7, 11) is 0.544. The Morgan fingerprint density at radius 2 is 1.00 bits per heavy atom. The standard InChI is InChI=1S/C18H38O2Si.Ca.2H/c1-2-3-4-5-6-7-8-9-10-11-12-13-14-15-16-17-18(19)20-21;;;/h2-17H2,1,21H3;;;. The third kappa shape index (κ3) is 20.9. The van der Waals surface area contributed by atoms with Gasteiger partial charge in [0.15, 0.2) is 0 Å². The van der Waals surface area contributed by atoms with Crippen molar-refractivity contribution in [3.05, 3.63) is 0 Å². The van der Waals surface area contributed by atoms with Gasteiger partial charge in [-0.05, 0) is 6.42 Å². The van der Waals surface area contributed by atoms with E-state index in [9.17, 15) is 4.79 Å². The van der Waals surface area contributed by atoms with Crippen molar-refractivity contribution in [2.45, 2.75) is 110 Å². The van der Waals surface area contributed by atoms with Gasteiger partial charge in [0.05, 0.1) is 0 Å². The van der Waals surface area contributed by atoms with Gasteiger partial charge in [-0.3, -0.25) is 4.79 Å². The third-order valence-corrected chi connectivity index (χ3v) is 4.67. The average Bonchev–Trinajstić information content (AvgIpc) is 2.50. The molecule has 0 N–H and O–H groups in total. The van der Waals surface area contributed by atoms with Gasteiger partial charge in [0.1, 0.15) is 0 Å². The molecule has 0 spiro atoms. The maximum absolute atomic E-state index is 11.0. The van der Waals surface area contributed by atoms with Crippen LogP contribution in [0.1, 0.15) is 110 Å². The van der Waals surface area contributed by atoms with Gasteiger partial charge in [-0.2, -0.15) is 0 Å². The van der Waals surface area contributed by atoms with Gasteiger partial charge in [0.2, 0.25) is 10.5 Å². The van der Waals surface area contributed by atoms with Crippen LogP contribution in [-0.4, -0.2) is 54.2 Å². The van der Waals surface area contributed by atoms with Crippen LogP contribution in [0, 0.1) is 0 Å². The number of carbonyl (C=O) groups excluding carboxylic acids is 1. The summed E-state index contributed by atoms with van der Waals surface area (Å²) in [6.07, 6.45) is 21.1. The van der Waals surface area contributed by atoms with Gasteiger partial charge in [-0.15, -0.1) is 0 Å². The molecule has 0 saturated carbocycles. The average molecular weight is 357 g/mol. The van der Waals surface area contributed by atoms with Gasteiger partial charge in [-0.25, -0.2) is 0 Å². The van der Waals surface area contributed by atoms with Crippen molar-refractivity contribution < 1.29 is 9.22 Å². The molecule has 0 aromatic rings. The molecule has 0 bridgehead atoms. The second kappa shape index (κ2) is 21.9. The second-order valence-corrected chi connectivity index (χ2v) is 6.68. The van der Waals surface area contributed by atoms with Crippen molar-refractivity contribution in [1.29, 1.82) is 0 Å². The Morgan fingerprint density at radius 1 is 0.682 bits per heavy atom. The van der Waals surface area contributed by atoms with Crippen LogP contribution in [0.3, 0.4) is 0 Å². The van der Waals surface area contributed by atoms with Crippen molar-refractivity contribution in [1.82, 2.24) is 0 Å². The SMILES string of the molecule is CCCCCCCCCCCCCCCCCC(=O)O[SiH3].[CaH2]. The molecular weight excluding hydrogens is 316 g/mol. The molecule has 0 radical (unpaired) electrons. The fourth-order valence-corrected chi connectivity index (χ4v) is 2.95. The zero-order chi connectivity index (χ0) is 15.6. The van der Waals surface area contributed by atoms with Gasteiger partial charge in [-0.1, -0.05) is 96.8 Å². The number of rotatable bonds is 16. The minimum atomic E-state index is -0.00337. The molecule has 0 aliphatic rings. The van der Waals surface area contributed by atoms with Gasteiger partial charge >= 0.3 is 37.7 Å². The predicted octanol–water partition coefficient (Wildman–Crippen LogP) is 4.16. The Hall–Kier alpha value is 0.947. The molecule has 0 amide bonds. The molecule has 0 unspecified atom stereocenters. The molecule has 0 atom stereocenters. The summed E-state index contributed by atoms with van der Waals surface area (Å²) in [5.41, 5.74) is 0. The Kier molecular flexibility index (Phi) is 25.1. The number of carbonyl (C=O) groups is 1. The zero-order valence-electron chi connectivity index (χ0n) is 14.6. The van der Waals surface area contributed by atoms with E-state index in [-0.39, 0.29) is 43.7 Å². The van der Waals surface area contributed by atoms with E-state index in [1.807, 2.05) is 0 Å². The Bertz CT molecular complexity index is 225. The Morgan fingerprint density at radius 3 is 1.32 bits per heavy atom. The fraction of sp³-hybridized carbons (Fsp3) is 0.944. The molecule has 0 heterocycles. The molecule has 0 saturated heterocycles. The van der Waals surface area contributed by atoms with Crippen molar-refractivity contribution >= 4 is 54.2 Å². The molecule has 0 aromatic heterocycles.